The fourth-order valence-corrected chi connectivity index (χ4v) is 7.11. The summed E-state index contributed by atoms with van der Waals surface area (Å²) < 4.78 is 45.4. The molecule has 51 heavy (non-hydrogen) atoms. The Hall–Kier alpha value is -4.88. The quantitative estimate of drug-likeness (QED) is 0.137. The topological polar surface area (TPSA) is 64.6 Å². The Bertz CT molecular complexity index is 1730. The van der Waals surface area contributed by atoms with E-state index < -0.39 is 12.2 Å². The predicted molar refractivity (Wildman–Crippen MR) is 201 cm³/mol. The number of hydrogen-bond donors (Lipinski definition) is 0. The number of benzene rings is 4. The minimum atomic E-state index is -0.398. The van der Waals surface area contributed by atoms with Crippen LogP contribution in [-0.4, -0.2) is 28.4 Å². The van der Waals surface area contributed by atoms with Crippen LogP contribution in [0, 0.1) is 0 Å². The summed E-state index contributed by atoms with van der Waals surface area (Å²) in [6.45, 7) is 8.40. The van der Waals surface area contributed by atoms with Crippen molar-refractivity contribution in [3.8, 4) is 34.5 Å². The molecule has 4 aromatic carbocycles. The van der Waals surface area contributed by atoms with Crippen LogP contribution >= 0.6 is 0 Å². The molecule has 0 fully saturated rings. The fraction of sp³-hybridized carbons (Fsp3) is 0.364. The molecule has 0 saturated carbocycles. The van der Waals surface area contributed by atoms with Crippen LogP contribution in [-0.2, 0) is 17.6 Å². The number of ether oxygens (including phenoxy) is 7. The minimum absolute atomic E-state index is 0.263. The van der Waals surface area contributed by atoms with E-state index in [-0.39, 0.29) is 12.2 Å². The zero-order chi connectivity index (χ0) is 36.1. The van der Waals surface area contributed by atoms with Gasteiger partial charge in [0.15, 0.2) is 0 Å². The first-order chi connectivity index (χ1) is 24.8. The van der Waals surface area contributed by atoms with Crippen LogP contribution in [0.4, 0.5) is 0 Å². The molecule has 0 radical (unpaired) electrons. The van der Waals surface area contributed by atoms with Crippen molar-refractivity contribution in [1.82, 2.24) is 0 Å². The molecule has 4 aromatic rings. The number of allylic oxidation sites excluding steroid dienone is 4. The van der Waals surface area contributed by atoms with Gasteiger partial charge in [-0.1, -0.05) is 84.0 Å². The molecule has 268 valence electrons. The van der Waals surface area contributed by atoms with Crippen LogP contribution in [0.3, 0.4) is 0 Å². The highest BCUT2D eigenvalue weighted by molar-refractivity contribution is 5.62. The monoisotopic (exact) mass is 690 g/mol. The molecule has 7 heteroatoms. The summed E-state index contributed by atoms with van der Waals surface area (Å²) in [5, 5.41) is 0. The molecule has 0 aromatic heterocycles. The van der Waals surface area contributed by atoms with E-state index in [2.05, 4.69) is 64.1 Å². The van der Waals surface area contributed by atoms with Gasteiger partial charge in [-0.05, 0) is 51.7 Å². The van der Waals surface area contributed by atoms with Gasteiger partial charge in [-0.25, -0.2) is 0 Å². The molecule has 0 saturated heterocycles. The zero-order valence-corrected chi connectivity index (χ0v) is 31.1. The molecule has 2 aliphatic rings. The largest absolute Gasteiger partial charge is 0.496 e. The van der Waals surface area contributed by atoms with Gasteiger partial charge in [-0.3, -0.25) is 0 Å². The van der Waals surface area contributed by atoms with Gasteiger partial charge >= 0.3 is 0 Å². The van der Waals surface area contributed by atoms with E-state index in [9.17, 15) is 0 Å². The molecule has 7 nitrogen and oxygen atoms in total. The second kappa shape index (κ2) is 16.0. The number of methoxy groups -OCH3 is 4. The molecule has 0 spiro atoms. The van der Waals surface area contributed by atoms with E-state index >= 15 is 0 Å². The van der Waals surface area contributed by atoms with Gasteiger partial charge < -0.3 is 33.2 Å². The first kappa shape index (κ1) is 35.9. The molecular formula is C44H50O7. The molecule has 2 aliphatic heterocycles. The number of hydrogen-bond acceptors (Lipinski definition) is 7. The van der Waals surface area contributed by atoms with E-state index in [1.165, 1.54) is 11.1 Å². The summed E-state index contributed by atoms with van der Waals surface area (Å²) in [5.41, 5.74) is 8.26. The summed E-state index contributed by atoms with van der Waals surface area (Å²) in [4.78, 5) is 0. The van der Waals surface area contributed by atoms with Gasteiger partial charge in [-0.15, -0.1) is 0 Å². The van der Waals surface area contributed by atoms with Crippen molar-refractivity contribution >= 4 is 0 Å². The first-order valence-corrected chi connectivity index (χ1v) is 17.7. The molecule has 0 amide bonds. The highest BCUT2D eigenvalue weighted by atomic mass is 16.5. The molecule has 6 rings (SSSR count). The third-order valence-electron chi connectivity index (χ3n) is 9.69. The van der Waals surface area contributed by atoms with Gasteiger partial charge in [0, 0.05) is 36.1 Å². The maximum Gasteiger partial charge on any atom is 0.137 e. The maximum absolute atomic E-state index is 7.45. The van der Waals surface area contributed by atoms with Crippen LogP contribution < -0.4 is 28.4 Å². The predicted octanol–water partition coefficient (Wildman–Crippen LogP) is 10.6. The van der Waals surface area contributed by atoms with Crippen LogP contribution in [0.15, 0.2) is 96.1 Å². The van der Waals surface area contributed by atoms with Gasteiger partial charge in [0.25, 0.3) is 0 Å². The summed E-state index contributed by atoms with van der Waals surface area (Å²) >= 11 is 0. The molecular weight excluding hydrogens is 640 g/mol. The Kier molecular flexibility index (Phi) is 11.3. The van der Waals surface area contributed by atoms with Crippen molar-refractivity contribution in [1.29, 1.82) is 0 Å². The highest BCUT2D eigenvalue weighted by Gasteiger charge is 2.42. The minimum Gasteiger partial charge on any atom is -0.496 e. The Labute approximate surface area is 302 Å². The third kappa shape index (κ3) is 7.59. The van der Waals surface area contributed by atoms with Crippen LogP contribution in [0.2, 0.25) is 0 Å². The van der Waals surface area contributed by atoms with Gasteiger partial charge in [0.1, 0.15) is 46.7 Å². The fourth-order valence-electron chi connectivity index (χ4n) is 7.11. The van der Waals surface area contributed by atoms with Crippen LogP contribution in [0.25, 0.3) is 0 Å². The van der Waals surface area contributed by atoms with Crippen molar-refractivity contribution in [2.24, 2.45) is 0 Å². The van der Waals surface area contributed by atoms with E-state index in [4.69, 9.17) is 33.2 Å². The van der Waals surface area contributed by atoms with Crippen molar-refractivity contribution < 1.29 is 33.2 Å². The first-order valence-electron chi connectivity index (χ1n) is 17.7. The normalized spacial score (nSPS) is 19.0. The van der Waals surface area contributed by atoms with Crippen LogP contribution in [0.1, 0.15) is 98.3 Å². The van der Waals surface area contributed by atoms with Gasteiger partial charge in [0.05, 0.1) is 51.8 Å². The second-order valence-electron chi connectivity index (χ2n) is 13.6. The Balaban J connectivity index is 1.55. The smallest absolute Gasteiger partial charge is 0.137 e. The average molecular weight is 691 g/mol. The van der Waals surface area contributed by atoms with Gasteiger partial charge in [0.2, 0.25) is 0 Å². The Morgan fingerprint density at radius 1 is 0.569 bits per heavy atom. The van der Waals surface area contributed by atoms with Crippen molar-refractivity contribution in [2.75, 3.05) is 28.4 Å². The van der Waals surface area contributed by atoms with Gasteiger partial charge in [-0.2, -0.15) is 0 Å². The summed E-state index contributed by atoms with van der Waals surface area (Å²) in [6, 6.07) is 24.6. The van der Waals surface area contributed by atoms with Crippen molar-refractivity contribution in [3.63, 3.8) is 0 Å². The van der Waals surface area contributed by atoms with E-state index in [0.717, 1.165) is 44.9 Å². The van der Waals surface area contributed by atoms with E-state index in [1.54, 1.807) is 28.4 Å². The summed E-state index contributed by atoms with van der Waals surface area (Å²) in [7, 11) is 6.75. The lowest BCUT2D eigenvalue weighted by atomic mass is 9.88. The SMILES string of the molecule is COc1cc(OC)c2c(c1CC=C(C)C)O[C@H](c1ccccc1)C[C@H]2O[C@@H]1C[C@@H](c2ccccc2)Oc2c(CC=C(C)C)c(OC)cc(OC)c21. The molecule has 4 atom stereocenters. The number of fused-ring (bicyclic) bond motifs is 2. The summed E-state index contributed by atoms with van der Waals surface area (Å²) in [5.74, 6) is 4.25. The maximum atomic E-state index is 7.45. The van der Waals surface area contributed by atoms with Crippen molar-refractivity contribution in [2.45, 2.75) is 77.8 Å². The molecule has 0 N–H and O–H groups in total. The zero-order valence-electron chi connectivity index (χ0n) is 31.1. The van der Waals surface area contributed by atoms with E-state index in [1.807, 2.05) is 48.5 Å². The lowest BCUT2D eigenvalue weighted by Crippen LogP contribution is -2.27. The molecule has 2 heterocycles. The van der Waals surface area contributed by atoms with Crippen LogP contribution in [0.5, 0.6) is 34.5 Å². The second-order valence-corrected chi connectivity index (χ2v) is 13.6. The third-order valence-corrected chi connectivity index (χ3v) is 9.69. The molecule has 0 bridgehead atoms. The average Bonchev–Trinajstić information content (AvgIpc) is 3.15. The summed E-state index contributed by atoms with van der Waals surface area (Å²) in [6.07, 6.45) is 5.51. The Morgan fingerprint density at radius 2 is 0.941 bits per heavy atom. The highest BCUT2D eigenvalue weighted by Crippen LogP contribution is 2.57. The number of rotatable bonds is 12. The van der Waals surface area contributed by atoms with E-state index in [0.29, 0.717) is 48.7 Å². The molecule has 0 aliphatic carbocycles. The lowest BCUT2D eigenvalue weighted by molar-refractivity contribution is -0.0758. The molecule has 0 unspecified atom stereocenters. The lowest BCUT2D eigenvalue weighted by Gasteiger charge is -2.40. The Morgan fingerprint density at radius 3 is 1.27 bits per heavy atom. The van der Waals surface area contributed by atoms with Crippen molar-refractivity contribution in [3.05, 3.63) is 129 Å². The standard InChI is InChI=1S/C44H50O7/c1-27(2)19-21-31-35(45-5)25-37(47-7)41-39(23-33(50-43(31)41)29-15-11-9-12-16-29)49-40-24-34(30-17-13-10-14-18-30)51-44-32(22-20-28(3)4)36(46-6)26-38(48-8)42(40)44/h9-20,25-26,33-34,39-40H,21-24H2,1-8H3/t33-,34-,39+,40+/m0/s1.